The molecule has 11 atom stereocenters. The van der Waals surface area contributed by atoms with E-state index in [0.717, 1.165) is 51.4 Å². The van der Waals surface area contributed by atoms with Gasteiger partial charge in [-0.3, -0.25) is 29.0 Å². The van der Waals surface area contributed by atoms with Gasteiger partial charge in [-0.15, -0.1) is 23.1 Å². The molecule has 4 fully saturated rings. The first-order valence-electron chi connectivity index (χ1n) is 30.4. The van der Waals surface area contributed by atoms with E-state index in [1.807, 2.05) is 0 Å². The van der Waals surface area contributed by atoms with E-state index in [1.165, 1.54) is 39.3 Å². The van der Waals surface area contributed by atoms with Crippen molar-refractivity contribution in [2.45, 2.75) is 157 Å². The van der Waals surface area contributed by atoms with E-state index in [0.29, 0.717) is 110 Å². The fourth-order valence-corrected chi connectivity index (χ4v) is 17.3. The number of amides is 4. The largest absolute Gasteiger partial charge is 0.480 e. The van der Waals surface area contributed by atoms with Gasteiger partial charge in [-0.05, 0) is 143 Å². The number of aliphatic imine (C=N–C) groups is 1. The Morgan fingerprint density at radius 1 is 0.833 bits per heavy atom. The average molecular weight is 1200 g/mol. The summed E-state index contributed by atoms with van der Waals surface area (Å²) in [6, 6.07) is 4.17. The molecule has 1 aliphatic heterocycles. The lowest BCUT2D eigenvalue weighted by molar-refractivity contribution is -0.174. The molecule has 5 N–H and O–H groups in total. The van der Waals surface area contributed by atoms with Gasteiger partial charge in [-0.2, -0.15) is 0 Å². The van der Waals surface area contributed by atoms with Crippen molar-refractivity contribution < 1.29 is 63.1 Å². The van der Waals surface area contributed by atoms with Gasteiger partial charge in [0.25, 0.3) is 0 Å². The van der Waals surface area contributed by atoms with Crippen molar-refractivity contribution in [3.05, 3.63) is 45.5 Å². The molecule has 1 aromatic heterocycles. The second-order valence-corrected chi connectivity index (χ2v) is 27.9. The maximum absolute atomic E-state index is 13.8. The number of carboxylic acid groups (broad SMARTS) is 1. The Bertz CT molecular complexity index is 2900. The number of aromatic nitrogens is 1. The van der Waals surface area contributed by atoms with Crippen molar-refractivity contribution in [2.24, 2.45) is 56.7 Å². The van der Waals surface area contributed by atoms with E-state index in [1.54, 1.807) is 59.9 Å². The lowest BCUT2D eigenvalue weighted by Crippen LogP contribution is -2.58. The van der Waals surface area contributed by atoms with Crippen LogP contribution in [0.15, 0.2) is 45.5 Å². The number of fused-ring (bicyclic) bond motifs is 6. The first-order chi connectivity index (χ1) is 39.8. The van der Waals surface area contributed by atoms with Crippen LogP contribution in [-0.4, -0.2) is 167 Å². The van der Waals surface area contributed by atoms with Crippen molar-refractivity contribution in [2.75, 3.05) is 72.0 Å². The first kappa shape index (κ1) is 64.9. The van der Waals surface area contributed by atoms with Crippen molar-refractivity contribution in [3.8, 4) is 5.75 Å². The summed E-state index contributed by atoms with van der Waals surface area (Å²) in [6.07, 6.45) is 8.93. The molecule has 0 bridgehead atoms. The molecule has 19 nitrogen and oxygen atoms in total. The van der Waals surface area contributed by atoms with Gasteiger partial charge in [0, 0.05) is 98.6 Å². The van der Waals surface area contributed by atoms with Crippen LogP contribution in [0.25, 0.3) is 10.2 Å². The zero-order valence-corrected chi connectivity index (χ0v) is 52.4. The van der Waals surface area contributed by atoms with Crippen LogP contribution in [0.2, 0.25) is 0 Å². The van der Waals surface area contributed by atoms with Crippen molar-refractivity contribution in [1.29, 1.82) is 0 Å². The number of ether oxygens (including phenoxy) is 3. The topological polar surface area (TPSA) is 264 Å². The number of likely N-dealkylation sites (N-methyl/N-ethyl adjacent to an activating group) is 1. The first-order valence-corrected chi connectivity index (χ1v) is 32.2. The number of carbonyl (C=O) groups excluding carboxylic acids is 6. The standard InChI is InChI=1S/C63H90N6O13S2/c1-36(43-13-14-44-53-45(18-21-63(43,44)8)62(7)20-17-41(70)31-40(62)32-48(53)71)11-16-50(72)64-22-10-23-65-51(73)19-27-80-29-30-81-28-26-69(25-24-68(9)52(74)34-61(5,6)54-39(4)55(75)37(2)38(3)56(54)76)60(79)82-42-12-15-46-49(33-42)84-58(66-46)57-67-47(35-83-57)59(77)78/h12,15,33,36,40-41,43-45,47-48,53,70-71H,10-11,13-14,16-32,34-35H2,1-9H3,(H,64,72)(H,65,73)(H,77,78)/t36-,40+,41-,43-,44+,45+,47?,48-,53+,62+,63-/m0/s1. The molecule has 6 aliphatic rings. The van der Waals surface area contributed by atoms with E-state index in [9.17, 15) is 48.9 Å². The summed E-state index contributed by atoms with van der Waals surface area (Å²) in [4.78, 5) is 103. The Morgan fingerprint density at radius 3 is 2.23 bits per heavy atom. The molecule has 2 aromatic rings. The molecule has 462 valence electrons. The molecule has 0 radical (unpaired) electrons. The number of ketones is 2. The molecule has 21 heteroatoms. The lowest BCUT2D eigenvalue weighted by Gasteiger charge is -2.62. The number of rotatable bonds is 26. The van der Waals surface area contributed by atoms with Gasteiger partial charge in [0.05, 0.1) is 48.9 Å². The number of benzene rings is 1. The molecule has 2 heterocycles. The second kappa shape index (κ2) is 27.8. The molecule has 84 heavy (non-hydrogen) atoms. The Kier molecular flexibility index (Phi) is 21.5. The highest BCUT2D eigenvalue weighted by molar-refractivity contribution is 8.15. The highest BCUT2D eigenvalue weighted by Crippen LogP contribution is 2.68. The number of nitrogens with one attached hydrogen (secondary N) is 2. The van der Waals surface area contributed by atoms with Crippen LogP contribution in [0, 0.1) is 51.8 Å². The summed E-state index contributed by atoms with van der Waals surface area (Å²) in [7, 11) is 1.61. The molecule has 0 spiro atoms. The van der Waals surface area contributed by atoms with Gasteiger partial charge in [0.15, 0.2) is 17.6 Å². The van der Waals surface area contributed by atoms with Crippen molar-refractivity contribution in [1.82, 2.24) is 25.4 Å². The number of nitrogens with zero attached hydrogens (tertiary/aromatic N) is 4. The molecule has 5 aliphatic carbocycles. The number of allylic oxidation sites excluding steroid dienone is 4. The number of hydrogen-bond acceptors (Lipinski definition) is 16. The molecule has 1 unspecified atom stereocenters. The third-order valence-corrected chi connectivity index (χ3v) is 22.3. The lowest BCUT2D eigenvalue weighted by atomic mass is 9.43. The van der Waals surface area contributed by atoms with Crippen LogP contribution in [-0.2, 0) is 38.2 Å². The number of thiazole rings is 1. The molecular formula is C63H90N6O13S2. The van der Waals surface area contributed by atoms with E-state index in [2.05, 4.69) is 41.4 Å². The van der Waals surface area contributed by atoms with Crippen LogP contribution in [0.3, 0.4) is 0 Å². The predicted molar refractivity (Wildman–Crippen MR) is 323 cm³/mol. The number of aliphatic hydroxyl groups excluding tert-OH is 2. The van der Waals surface area contributed by atoms with Gasteiger partial charge in [-0.1, -0.05) is 34.6 Å². The van der Waals surface area contributed by atoms with Gasteiger partial charge in [-0.25, -0.2) is 14.6 Å². The van der Waals surface area contributed by atoms with Crippen molar-refractivity contribution >= 4 is 79.7 Å². The summed E-state index contributed by atoms with van der Waals surface area (Å²) in [5, 5.41) is 38.5. The molecule has 8 rings (SSSR count). The van der Waals surface area contributed by atoms with Crippen LogP contribution < -0.4 is 15.4 Å². The number of carboxylic acids is 1. The summed E-state index contributed by atoms with van der Waals surface area (Å²) < 4.78 is 18.1. The molecule has 1 aromatic carbocycles. The molecule has 0 saturated heterocycles. The highest BCUT2D eigenvalue weighted by atomic mass is 32.2. The average Bonchev–Trinajstić information content (AvgIpc) is 3.32. The SMILES string of the molecule is CC1=C(C)C(=O)C(C(C)(C)CC(=O)N(C)CCN(CCOCCOCCC(=O)NCCCNC(=O)CC[C@H](C)[C@@H]2CC[C@@H]3[C@@H]4[C@@H](CC[C@]32C)[C@]2(C)CC[C@H](O)C[C@@H]2C[C@@H]4O)C(=O)Oc2ccc3nc(C4=NC(C(=O)O)CS4)sc3c2)=C(C)C1=O. The highest BCUT2D eigenvalue weighted by Gasteiger charge is 2.63. The van der Waals surface area contributed by atoms with Gasteiger partial charge < -0.3 is 50.0 Å². The molecule has 4 amide bonds. The van der Waals surface area contributed by atoms with Crippen molar-refractivity contribution in [3.63, 3.8) is 0 Å². The predicted octanol–water partition coefficient (Wildman–Crippen LogP) is 8.18. The monoisotopic (exact) mass is 1200 g/mol. The minimum atomic E-state index is -0.997. The van der Waals surface area contributed by atoms with Gasteiger partial charge >= 0.3 is 12.1 Å². The summed E-state index contributed by atoms with van der Waals surface area (Å²) in [5.74, 6) is 1.36. The quantitative estimate of drug-likeness (QED) is 0.0439. The number of hydrogen-bond donors (Lipinski definition) is 5. The minimum absolute atomic E-state index is 0.0265. The Morgan fingerprint density at radius 2 is 1.51 bits per heavy atom. The third kappa shape index (κ3) is 14.7. The normalized spacial score (nSPS) is 28.1. The van der Waals surface area contributed by atoms with E-state index in [4.69, 9.17) is 14.2 Å². The Hall–Kier alpha value is -5.06. The smallest absolute Gasteiger partial charge is 0.415 e. The van der Waals surface area contributed by atoms with E-state index in [-0.39, 0.29) is 117 Å². The Labute approximate surface area is 502 Å². The maximum atomic E-state index is 13.8. The summed E-state index contributed by atoms with van der Waals surface area (Å²) in [5.41, 5.74) is 1.49. The van der Waals surface area contributed by atoms with E-state index < -0.39 is 23.5 Å². The van der Waals surface area contributed by atoms with E-state index >= 15 is 0 Å². The summed E-state index contributed by atoms with van der Waals surface area (Å²) >= 11 is 2.64. The summed E-state index contributed by atoms with van der Waals surface area (Å²) in [6.45, 7) is 17.5. The van der Waals surface area contributed by atoms with Crippen LogP contribution in [0.4, 0.5) is 4.79 Å². The zero-order chi connectivity index (χ0) is 60.8. The van der Waals surface area contributed by atoms with Crippen LogP contribution in [0.5, 0.6) is 5.75 Å². The van der Waals surface area contributed by atoms with Crippen LogP contribution in [0.1, 0.15) is 144 Å². The number of aliphatic carboxylic acids is 1. The molecule has 4 saturated carbocycles. The fraction of sp³-hybridized carbons (Fsp3) is 0.698. The maximum Gasteiger partial charge on any atom is 0.415 e. The fourth-order valence-electron chi connectivity index (χ4n) is 15.2. The number of aliphatic hydroxyl groups is 2. The molecular weight excluding hydrogens is 1110 g/mol. The number of thioether (sulfide) groups is 1. The number of Topliss-reactive ketones (excluding diaryl/α,β-unsaturated/α-hetero) is 2. The van der Waals surface area contributed by atoms with Gasteiger partial charge in [0.2, 0.25) is 17.7 Å². The number of carbonyl (C=O) groups is 7. The Balaban J connectivity index is 0.729. The van der Waals surface area contributed by atoms with Gasteiger partial charge in [0.1, 0.15) is 15.8 Å². The van der Waals surface area contributed by atoms with Crippen LogP contribution >= 0.6 is 23.1 Å². The minimum Gasteiger partial charge on any atom is -0.480 e. The third-order valence-electron chi connectivity index (χ3n) is 20.1. The zero-order valence-electron chi connectivity index (χ0n) is 50.7. The second-order valence-electron chi connectivity index (χ2n) is 25.9.